The van der Waals surface area contributed by atoms with Gasteiger partial charge in [0.25, 0.3) is 0 Å². The van der Waals surface area contributed by atoms with E-state index in [1.807, 2.05) is 0 Å². The summed E-state index contributed by atoms with van der Waals surface area (Å²) in [7, 11) is -2.20. The first-order chi connectivity index (χ1) is 9.37. The highest BCUT2D eigenvalue weighted by Gasteiger charge is 2.33. The van der Waals surface area contributed by atoms with E-state index in [2.05, 4.69) is 4.72 Å². The van der Waals surface area contributed by atoms with Crippen molar-refractivity contribution in [2.45, 2.75) is 36.4 Å². The number of nitrogens with two attached hydrogens (primary N) is 1. The van der Waals surface area contributed by atoms with Crippen LogP contribution in [0.3, 0.4) is 0 Å². The molecule has 0 unspecified atom stereocenters. The Bertz CT molecular complexity index is 603. The Hall–Kier alpha value is -0.730. The van der Waals surface area contributed by atoms with Crippen LogP contribution in [0.15, 0.2) is 17.0 Å². The maximum atomic E-state index is 13.6. The molecule has 112 valence electrons. The van der Waals surface area contributed by atoms with Crippen molar-refractivity contribution in [3.63, 3.8) is 0 Å². The molecule has 0 spiro atoms. The minimum absolute atomic E-state index is 0.0334. The highest BCUT2D eigenvalue weighted by atomic mass is 35.5. The maximum Gasteiger partial charge on any atom is 0.240 e. The van der Waals surface area contributed by atoms with E-state index < -0.39 is 15.8 Å². The SMILES string of the molecule is COC1CC(NS(=O)(=O)c2cc(F)c(Cl)c(CN)c2)C1. The molecule has 1 saturated carbocycles. The molecular formula is C12H16ClFN2O3S. The molecule has 0 atom stereocenters. The Labute approximate surface area is 122 Å². The molecular weight excluding hydrogens is 307 g/mol. The lowest BCUT2D eigenvalue weighted by Gasteiger charge is -2.34. The summed E-state index contributed by atoms with van der Waals surface area (Å²) in [5.41, 5.74) is 5.68. The van der Waals surface area contributed by atoms with Gasteiger partial charge in [-0.3, -0.25) is 0 Å². The maximum absolute atomic E-state index is 13.6. The monoisotopic (exact) mass is 322 g/mol. The molecule has 1 aliphatic rings. The summed E-state index contributed by atoms with van der Waals surface area (Å²) in [6.07, 6.45) is 1.29. The van der Waals surface area contributed by atoms with Crippen molar-refractivity contribution in [1.82, 2.24) is 4.72 Å². The van der Waals surface area contributed by atoms with Gasteiger partial charge in [0.2, 0.25) is 10.0 Å². The Morgan fingerprint density at radius 2 is 2.15 bits per heavy atom. The highest BCUT2D eigenvalue weighted by molar-refractivity contribution is 7.89. The molecule has 0 amide bonds. The van der Waals surface area contributed by atoms with Crippen LogP contribution in [0.1, 0.15) is 18.4 Å². The van der Waals surface area contributed by atoms with Crippen LogP contribution in [0.2, 0.25) is 5.02 Å². The van der Waals surface area contributed by atoms with Gasteiger partial charge in [-0.25, -0.2) is 17.5 Å². The second-order valence-electron chi connectivity index (χ2n) is 4.73. The number of methoxy groups -OCH3 is 1. The minimum atomic E-state index is -3.78. The van der Waals surface area contributed by atoms with E-state index in [1.54, 1.807) is 7.11 Å². The molecule has 0 aliphatic heterocycles. The zero-order valence-electron chi connectivity index (χ0n) is 10.9. The molecule has 1 aromatic carbocycles. The van der Waals surface area contributed by atoms with Crippen LogP contribution >= 0.6 is 11.6 Å². The van der Waals surface area contributed by atoms with Gasteiger partial charge in [-0.1, -0.05) is 11.6 Å². The Morgan fingerprint density at radius 3 is 2.70 bits per heavy atom. The second-order valence-corrected chi connectivity index (χ2v) is 6.82. The summed E-state index contributed by atoms with van der Waals surface area (Å²) in [4.78, 5) is -0.166. The minimum Gasteiger partial charge on any atom is -0.381 e. The fraction of sp³-hybridized carbons (Fsp3) is 0.500. The molecule has 2 rings (SSSR count). The first kappa shape index (κ1) is 15.7. The van der Waals surface area contributed by atoms with Crippen molar-refractivity contribution in [2.75, 3.05) is 7.11 Å². The van der Waals surface area contributed by atoms with Gasteiger partial charge >= 0.3 is 0 Å². The lowest BCUT2D eigenvalue weighted by molar-refractivity contribution is 0.0236. The zero-order chi connectivity index (χ0) is 14.9. The third kappa shape index (κ3) is 3.12. The highest BCUT2D eigenvalue weighted by Crippen LogP contribution is 2.27. The number of hydrogen-bond donors (Lipinski definition) is 2. The third-order valence-corrected chi connectivity index (χ3v) is 5.28. The standard InChI is InChI=1S/C12H16ClFN2O3S/c1-19-9-3-8(4-9)16-20(17,18)10-2-7(6-15)12(13)11(14)5-10/h2,5,8-9,16H,3-4,6,15H2,1H3. The van der Waals surface area contributed by atoms with Crippen molar-refractivity contribution in [1.29, 1.82) is 0 Å². The van der Waals surface area contributed by atoms with Gasteiger partial charge in [-0.15, -0.1) is 0 Å². The quantitative estimate of drug-likeness (QED) is 0.858. The molecule has 0 bridgehead atoms. The van der Waals surface area contributed by atoms with Gasteiger partial charge in [0.1, 0.15) is 5.82 Å². The van der Waals surface area contributed by atoms with Crippen LogP contribution in [0.4, 0.5) is 4.39 Å². The predicted octanol–water partition coefficient (Wildman–Crippen LogP) is 1.39. The number of sulfonamides is 1. The van der Waals surface area contributed by atoms with Crippen molar-refractivity contribution in [2.24, 2.45) is 5.73 Å². The zero-order valence-corrected chi connectivity index (χ0v) is 12.5. The average Bonchev–Trinajstić information content (AvgIpc) is 2.36. The van der Waals surface area contributed by atoms with Crippen molar-refractivity contribution >= 4 is 21.6 Å². The van der Waals surface area contributed by atoms with Gasteiger partial charge < -0.3 is 10.5 Å². The fourth-order valence-corrected chi connectivity index (χ4v) is 3.57. The molecule has 0 radical (unpaired) electrons. The molecule has 0 saturated heterocycles. The van der Waals surface area contributed by atoms with Crippen LogP contribution in [0.25, 0.3) is 0 Å². The summed E-state index contributed by atoms with van der Waals surface area (Å²) in [5.74, 6) is -0.793. The summed E-state index contributed by atoms with van der Waals surface area (Å²) in [5, 5.41) is -0.144. The van der Waals surface area contributed by atoms with Gasteiger partial charge in [-0.05, 0) is 30.5 Å². The summed E-state index contributed by atoms with van der Waals surface area (Å²) in [6.45, 7) is -0.0334. The summed E-state index contributed by atoms with van der Waals surface area (Å²) >= 11 is 5.71. The van der Waals surface area contributed by atoms with Crippen LogP contribution in [-0.4, -0.2) is 27.7 Å². The van der Waals surface area contributed by atoms with Crippen molar-refractivity contribution in [3.8, 4) is 0 Å². The van der Waals surface area contributed by atoms with Crippen molar-refractivity contribution in [3.05, 3.63) is 28.5 Å². The van der Waals surface area contributed by atoms with E-state index in [4.69, 9.17) is 22.1 Å². The lowest BCUT2D eigenvalue weighted by Crippen LogP contribution is -2.47. The molecule has 1 aromatic rings. The largest absolute Gasteiger partial charge is 0.381 e. The number of nitrogens with one attached hydrogen (secondary N) is 1. The number of hydrogen-bond acceptors (Lipinski definition) is 4. The van der Waals surface area contributed by atoms with E-state index in [1.165, 1.54) is 6.07 Å². The first-order valence-electron chi connectivity index (χ1n) is 6.10. The smallest absolute Gasteiger partial charge is 0.240 e. The van der Waals surface area contributed by atoms with E-state index in [0.29, 0.717) is 12.8 Å². The van der Waals surface area contributed by atoms with Crippen LogP contribution in [0, 0.1) is 5.82 Å². The molecule has 20 heavy (non-hydrogen) atoms. The number of benzene rings is 1. The molecule has 8 heteroatoms. The van der Waals surface area contributed by atoms with E-state index in [9.17, 15) is 12.8 Å². The molecule has 0 heterocycles. The van der Waals surface area contributed by atoms with Gasteiger partial charge in [-0.2, -0.15) is 0 Å². The molecule has 5 nitrogen and oxygen atoms in total. The number of ether oxygens (including phenoxy) is 1. The normalized spacial score (nSPS) is 22.6. The van der Waals surface area contributed by atoms with E-state index in [-0.39, 0.29) is 34.2 Å². The summed E-state index contributed by atoms with van der Waals surface area (Å²) < 4.78 is 45.5. The Kier molecular flexibility index (Phi) is 4.66. The van der Waals surface area contributed by atoms with Gasteiger partial charge in [0, 0.05) is 19.7 Å². The molecule has 1 aliphatic carbocycles. The molecule has 1 fully saturated rings. The Balaban J connectivity index is 2.20. The fourth-order valence-electron chi connectivity index (χ4n) is 2.06. The molecule has 3 N–H and O–H groups in total. The summed E-state index contributed by atoms with van der Waals surface area (Å²) in [6, 6.07) is 2.00. The third-order valence-electron chi connectivity index (χ3n) is 3.36. The molecule has 0 aromatic heterocycles. The van der Waals surface area contributed by atoms with E-state index >= 15 is 0 Å². The second kappa shape index (κ2) is 5.95. The topological polar surface area (TPSA) is 81.4 Å². The van der Waals surface area contributed by atoms with E-state index in [0.717, 1.165) is 6.07 Å². The van der Waals surface area contributed by atoms with Crippen molar-refractivity contribution < 1.29 is 17.5 Å². The lowest BCUT2D eigenvalue weighted by atomic mass is 9.90. The number of halogens is 2. The first-order valence-corrected chi connectivity index (χ1v) is 7.96. The average molecular weight is 323 g/mol. The Morgan fingerprint density at radius 1 is 1.50 bits per heavy atom. The van der Waals surface area contributed by atoms with Gasteiger partial charge in [0.15, 0.2) is 0 Å². The van der Waals surface area contributed by atoms with Crippen LogP contribution < -0.4 is 10.5 Å². The van der Waals surface area contributed by atoms with Crippen LogP contribution in [-0.2, 0) is 21.3 Å². The van der Waals surface area contributed by atoms with Crippen LogP contribution in [0.5, 0.6) is 0 Å². The van der Waals surface area contributed by atoms with Gasteiger partial charge in [0.05, 0.1) is 16.0 Å². The predicted molar refractivity (Wildman–Crippen MR) is 73.4 cm³/mol. The number of rotatable bonds is 5.